The quantitative estimate of drug-likeness (QED) is 0.857. The van der Waals surface area contributed by atoms with Crippen molar-refractivity contribution in [2.24, 2.45) is 0 Å². The molecular weight excluding hydrogens is 220 g/mol. The van der Waals surface area contributed by atoms with Gasteiger partial charge in [-0.15, -0.1) is 0 Å². The fourth-order valence-corrected chi connectivity index (χ4v) is 3.03. The van der Waals surface area contributed by atoms with E-state index < -0.39 is 0 Å². The van der Waals surface area contributed by atoms with E-state index in [-0.39, 0.29) is 0 Å². The Morgan fingerprint density at radius 3 is 2.89 bits per heavy atom. The molecular formula is C16H24N2. The van der Waals surface area contributed by atoms with Gasteiger partial charge < -0.3 is 10.2 Å². The average molecular weight is 244 g/mol. The lowest BCUT2D eigenvalue weighted by molar-refractivity contribution is 0.293. The molecule has 1 aliphatic heterocycles. The fourth-order valence-electron chi connectivity index (χ4n) is 3.03. The first kappa shape index (κ1) is 12.2. The second-order valence-electron chi connectivity index (χ2n) is 6.01. The summed E-state index contributed by atoms with van der Waals surface area (Å²) in [5, 5.41) is 3.57. The second-order valence-corrected chi connectivity index (χ2v) is 6.01. The Hall–Kier alpha value is -0.860. The first-order valence-corrected chi connectivity index (χ1v) is 7.32. The van der Waals surface area contributed by atoms with Gasteiger partial charge in [0.05, 0.1) is 0 Å². The Balaban J connectivity index is 1.55. The molecule has 2 heteroatoms. The van der Waals surface area contributed by atoms with Crippen molar-refractivity contribution in [2.75, 3.05) is 20.1 Å². The monoisotopic (exact) mass is 244 g/mol. The fraction of sp³-hybridized carbons (Fsp3) is 0.625. The van der Waals surface area contributed by atoms with Crippen molar-refractivity contribution >= 4 is 0 Å². The predicted molar refractivity (Wildman–Crippen MR) is 75.8 cm³/mol. The van der Waals surface area contributed by atoms with Gasteiger partial charge in [-0.05, 0) is 56.3 Å². The number of hydrogen-bond acceptors (Lipinski definition) is 2. The van der Waals surface area contributed by atoms with E-state index in [4.69, 9.17) is 0 Å². The van der Waals surface area contributed by atoms with Gasteiger partial charge in [-0.3, -0.25) is 0 Å². The SMILES string of the molecule is CN(Cc1cccc(C2CC2)c1)CC1CCCN1. The van der Waals surface area contributed by atoms with E-state index in [1.807, 2.05) is 0 Å². The Labute approximate surface area is 110 Å². The molecule has 0 bridgehead atoms. The van der Waals surface area contributed by atoms with Crippen LogP contribution in [0.2, 0.25) is 0 Å². The highest BCUT2D eigenvalue weighted by atomic mass is 15.1. The van der Waals surface area contributed by atoms with E-state index in [0.29, 0.717) is 6.04 Å². The van der Waals surface area contributed by atoms with Gasteiger partial charge in [-0.25, -0.2) is 0 Å². The summed E-state index contributed by atoms with van der Waals surface area (Å²) in [6.07, 6.45) is 5.47. The minimum absolute atomic E-state index is 0.710. The largest absolute Gasteiger partial charge is 0.313 e. The number of nitrogens with zero attached hydrogens (tertiary/aromatic N) is 1. The lowest BCUT2D eigenvalue weighted by Gasteiger charge is -2.21. The van der Waals surface area contributed by atoms with Crippen LogP contribution in [-0.2, 0) is 6.54 Å². The predicted octanol–water partition coefficient (Wildman–Crippen LogP) is 2.75. The molecule has 18 heavy (non-hydrogen) atoms. The van der Waals surface area contributed by atoms with Gasteiger partial charge in [-0.1, -0.05) is 24.3 Å². The maximum Gasteiger partial charge on any atom is 0.0231 e. The summed E-state index contributed by atoms with van der Waals surface area (Å²) in [5.41, 5.74) is 3.03. The van der Waals surface area contributed by atoms with Crippen LogP contribution >= 0.6 is 0 Å². The molecule has 1 saturated heterocycles. The average Bonchev–Trinajstić information content (AvgIpc) is 3.09. The normalized spacial score (nSPS) is 23.8. The molecule has 0 radical (unpaired) electrons. The van der Waals surface area contributed by atoms with Crippen LogP contribution in [0.15, 0.2) is 24.3 Å². The highest BCUT2D eigenvalue weighted by molar-refractivity contribution is 5.29. The summed E-state index contributed by atoms with van der Waals surface area (Å²) in [7, 11) is 2.24. The second kappa shape index (κ2) is 5.41. The maximum absolute atomic E-state index is 3.57. The van der Waals surface area contributed by atoms with Gasteiger partial charge in [0, 0.05) is 19.1 Å². The third-order valence-corrected chi connectivity index (χ3v) is 4.15. The summed E-state index contributed by atoms with van der Waals surface area (Å²) >= 11 is 0. The molecule has 1 atom stereocenters. The van der Waals surface area contributed by atoms with E-state index >= 15 is 0 Å². The molecule has 1 heterocycles. The van der Waals surface area contributed by atoms with Gasteiger partial charge in [0.15, 0.2) is 0 Å². The molecule has 0 spiro atoms. The van der Waals surface area contributed by atoms with Gasteiger partial charge in [0.25, 0.3) is 0 Å². The highest BCUT2D eigenvalue weighted by Crippen LogP contribution is 2.40. The van der Waals surface area contributed by atoms with Crippen LogP contribution in [0.5, 0.6) is 0 Å². The molecule has 2 aliphatic rings. The van der Waals surface area contributed by atoms with Crippen LogP contribution < -0.4 is 5.32 Å². The van der Waals surface area contributed by atoms with Crippen LogP contribution in [0.25, 0.3) is 0 Å². The summed E-state index contributed by atoms with van der Waals surface area (Å²) in [5.74, 6) is 0.867. The van der Waals surface area contributed by atoms with Crippen LogP contribution in [0.3, 0.4) is 0 Å². The molecule has 1 saturated carbocycles. The molecule has 0 aromatic heterocycles. The zero-order valence-corrected chi connectivity index (χ0v) is 11.4. The third kappa shape index (κ3) is 3.12. The molecule has 1 aliphatic carbocycles. The lowest BCUT2D eigenvalue weighted by atomic mass is 10.1. The van der Waals surface area contributed by atoms with E-state index in [1.165, 1.54) is 44.3 Å². The summed E-state index contributed by atoms with van der Waals surface area (Å²) in [6.45, 7) is 3.46. The van der Waals surface area contributed by atoms with Gasteiger partial charge in [-0.2, -0.15) is 0 Å². The minimum atomic E-state index is 0.710. The third-order valence-electron chi connectivity index (χ3n) is 4.15. The highest BCUT2D eigenvalue weighted by Gasteiger charge is 2.23. The summed E-state index contributed by atoms with van der Waals surface area (Å²) in [4.78, 5) is 2.45. The summed E-state index contributed by atoms with van der Waals surface area (Å²) in [6, 6.07) is 9.91. The lowest BCUT2D eigenvalue weighted by Crippen LogP contribution is -2.34. The van der Waals surface area contributed by atoms with E-state index in [0.717, 1.165) is 12.5 Å². The maximum atomic E-state index is 3.57. The Kier molecular flexibility index (Phi) is 3.67. The topological polar surface area (TPSA) is 15.3 Å². The van der Waals surface area contributed by atoms with Crippen molar-refractivity contribution in [3.05, 3.63) is 35.4 Å². The number of likely N-dealkylation sites (N-methyl/N-ethyl adjacent to an activating group) is 1. The zero-order valence-electron chi connectivity index (χ0n) is 11.4. The van der Waals surface area contributed by atoms with Crippen LogP contribution in [0, 0.1) is 0 Å². The Morgan fingerprint density at radius 2 is 2.17 bits per heavy atom. The Bertz CT molecular complexity index is 392. The molecule has 98 valence electrons. The van der Waals surface area contributed by atoms with Crippen LogP contribution in [-0.4, -0.2) is 31.1 Å². The number of rotatable bonds is 5. The molecule has 2 fully saturated rings. The van der Waals surface area contributed by atoms with Gasteiger partial charge in [0.2, 0.25) is 0 Å². The van der Waals surface area contributed by atoms with Gasteiger partial charge >= 0.3 is 0 Å². The molecule has 2 nitrogen and oxygen atoms in total. The minimum Gasteiger partial charge on any atom is -0.313 e. The number of benzene rings is 1. The van der Waals surface area contributed by atoms with Crippen molar-refractivity contribution in [3.63, 3.8) is 0 Å². The molecule has 1 aromatic carbocycles. The van der Waals surface area contributed by atoms with E-state index in [1.54, 1.807) is 5.56 Å². The molecule has 1 unspecified atom stereocenters. The number of nitrogens with one attached hydrogen (secondary N) is 1. The zero-order chi connectivity index (χ0) is 12.4. The van der Waals surface area contributed by atoms with Crippen molar-refractivity contribution < 1.29 is 0 Å². The van der Waals surface area contributed by atoms with Crippen LogP contribution in [0.1, 0.15) is 42.7 Å². The van der Waals surface area contributed by atoms with Crippen molar-refractivity contribution in [1.29, 1.82) is 0 Å². The molecule has 3 rings (SSSR count). The van der Waals surface area contributed by atoms with Crippen molar-refractivity contribution in [3.8, 4) is 0 Å². The Morgan fingerprint density at radius 1 is 1.28 bits per heavy atom. The van der Waals surface area contributed by atoms with Crippen molar-refractivity contribution in [1.82, 2.24) is 10.2 Å². The molecule has 0 amide bonds. The smallest absolute Gasteiger partial charge is 0.0231 e. The standard InChI is InChI=1S/C16H24N2/c1-18(12-16-6-3-9-17-16)11-13-4-2-5-15(10-13)14-7-8-14/h2,4-5,10,14,16-17H,3,6-9,11-12H2,1H3. The van der Waals surface area contributed by atoms with E-state index in [9.17, 15) is 0 Å². The van der Waals surface area contributed by atoms with Crippen molar-refractivity contribution in [2.45, 2.75) is 44.2 Å². The molecule has 1 aromatic rings. The first-order valence-electron chi connectivity index (χ1n) is 7.32. The molecule has 1 N–H and O–H groups in total. The number of hydrogen-bond donors (Lipinski definition) is 1. The van der Waals surface area contributed by atoms with E-state index in [2.05, 4.69) is 41.5 Å². The first-order chi connectivity index (χ1) is 8.81. The van der Waals surface area contributed by atoms with Crippen LogP contribution in [0.4, 0.5) is 0 Å². The van der Waals surface area contributed by atoms with Gasteiger partial charge in [0.1, 0.15) is 0 Å². The summed E-state index contributed by atoms with van der Waals surface area (Å²) < 4.78 is 0.